The molecule has 4 nitrogen and oxygen atoms in total. The molecule has 1 rings (SSSR count). The lowest BCUT2D eigenvalue weighted by atomic mass is 10.2. The van der Waals surface area contributed by atoms with Crippen molar-refractivity contribution in [1.82, 2.24) is 10.0 Å². The van der Waals surface area contributed by atoms with E-state index in [0.29, 0.717) is 18.0 Å². The third-order valence-electron chi connectivity index (χ3n) is 3.03. The van der Waals surface area contributed by atoms with Crippen LogP contribution in [-0.4, -0.2) is 32.5 Å². The fourth-order valence-electron chi connectivity index (χ4n) is 1.62. The summed E-state index contributed by atoms with van der Waals surface area (Å²) in [6, 6.07) is 0. The van der Waals surface area contributed by atoms with E-state index in [4.69, 9.17) is 0 Å². The Labute approximate surface area is 130 Å². The van der Waals surface area contributed by atoms with Crippen LogP contribution in [0.1, 0.15) is 31.2 Å². The van der Waals surface area contributed by atoms with E-state index in [9.17, 15) is 8.42 Å². The zero-order valence-corrected chi connectivity index (χ0v) is 15.2. The first-order valence-corrected chi connectivity index (χ1v) is 10.1. The summed E-state index contributed by atoms with van der Waals surface area (Å²) in [7, 11) is -3.44. The number of sulfonamides is 1. The average Bonchev–Trinajstić information content (AvgIpc) is 2.76. The molecule has 7 heteroatoms. The number of rotatable bonds is 8. The number of thiophene rings is 1. The van der Waals surface area contributed by atoms with E-state index in [1.807, 2.05) is 39.3 Å². The summed E-state index contributed by atoms with van der Waals surface area (Å²) >= 11 is 3.15. The second kappa shape index (κ2) is 7.26. The van der Waals surface area contributed by atoms with Gasteiger partial charge in [0.1, 0.15) is 4.90 Å². The van der Waals surface area contributed by atoms with Gasteiger partial charge >= 0.3 is 0 Å². The van der Waals surface area contributed by atoms with Crippen LogP contribution in [0.5, 0.6) is 0 Å². The summed E-state index contributed by atoms with van der Waals surface area (Å²) in [5.41, 5.74) is 0.817. The van der Waals surface area contributed by atoms with Crippen LogP contribution in [-0.2, 0) is 16.6 Å². The third kappa shape index (κ3) is 4.73. The monoisotopic (exact) mass is 336 g/mol. The Bertz CT molecular complexity index is 536. The molecule has 1 heterocycles. The quantitative estimate of drug-likeness (QED) is 0.766. The van der Waals surface area contributed by atoms with Crippen LogP contribution in [0.15, 0.2) is 10.3 Å². The van der Waals surface area contributed by atoms with Crippen LogP contribution in [0, 0.1) is 6.92 Å². The van der Waals surface area contributed by atoms with Crippen LogP contribution < -0.4 is 10.0 Å². The van der Waals surface area contributed by atoms with Gasteiger partial charge in [-0.05, 0) is 44.5 Å². The van der Waals surface area contributed by atoms with Crippen molar-refractivity contribution in [1.29, 1.82) is 0 Å². The summed E-state index contributed by atoms with van der Waals surface area (Å²) in [5, 5.41) is 5.09. The summed E-state index contributed by atoms with van der Waals surface area (Å²) in [5.74, 6) is 0. The number of nitrogens with one attached hydrogen (secondary N) is 2. The van der Waals surface area contributed by atoms with Crippen molar-refractivity contribution in [2.45, 2.75) is 43.9 Å². The van der Waals surface area contributed by atoms with Gasteiger partial charge in [0.15, 0.2) is 0 Å². The fourth-order valence-corrected chi connectivity index (χ4v) is 4.92. The highest BCUT2D eigenvalue weighted by molar-refractivity contribution is 8.00. The van der Waals surface area contributed by atoms with Gasteiger partial charge in [0.25, 0.3) is 0 Å². The van der Waals surface area contributed by atoms with Crippen LogP contribution in [0.3, 0.4) is 0 Å². The van der Waals surface area contributed by atoms with Crippen LogP contribution in [0.2, 0.25) is 0 Å². The maximum Gasteiger partial charge on any atom is 0.242 e. The molecule has 0 aliphatic carbocycles. The molecular formula is C13H24N2O2S3. The predicted molar refractivity (Wildman–Crippen MR) is 89.2 cm³/mol. The number of hydrogen-bond donors (Lipinski definition) is 2. The molecule has 0 spiro atoms. The molecule has 0 atom stereocenters. The summed E-state index contributed by atoms with van der Waals surface area (Å²) in [6.45, 7) is 9.75. The van der Waals surface area contributed by atoms with Gasteiger partial charge in [-0.25, -0.2) is 13.1 Å². The first-order chi connectivity index (χ1) is 9.23. The molecule has 1 aromatic rings. The smallest absolute Gasteiger partial charge is 0.242 e. The molecular weight excluding hydrogens is 312 g/mol. The zero-order valence-electron chi connectivity index (χ0n) is 12.7. The standard InChI is InChI=1S/C13H24N2O2S3/c1-6-14-7-11-12(10(2)8-19-11)20(16,17)15-9-13(3,4)18-5/h8,14-15H,6-7,9H2,1-5H3. The minimum atomic E-state index is -3.44. The van der Waals surface area contributed by atoms with Crippen LogP contribution in [0.4, 0.5) is 0 Å². The van der Waals surface area contributed by atoms with Gasteiger partial charge in [-0.1, -0.05) is 6.92 Å². The molecule has 20 heavy (non-hydrogen) atoms. The van der Waals surface area contributed by atoms with E-state index < -0.39 is 10.0 Å². The van der Waals surface area contributed by atoms with E-state index in [1.54, 1.807) is 11.8 Å². The Hall–Kier alpha value is -0.0800. The van der Waals surface area contributed by atoms with Crippen molar-refractivity contribution >= 4 is 33.1 Å². The molecule has 1 aromatic heterocycles. The largest absolute Gasteiger partial charge is 0.312 e. The van der Waals surface area contributed by atoms with Crippen molar-refractivity contribution in [3.8, 4) is 0 Å². The summed E-state index contributed by atoms with van der Waals surface area (Å²) in [4.78, 5) is 1.32. The lowest BCUT2D eigenvalue weighted by Gasteiger charge is -2.22. The topological polar surface area (TPSA) is 58.2 Å². The molecule has 0 aliphatic rings. The Kier molecular flexibility index (Phi) is 6.53. The molecule has 0 fully saturated rings. The number of aryl methyl sites for hydroxylation is 1. The van der Waals surface area contributed by atoms with Crippen molar-refractivity contribution in [2.24, 2.45) is 0 Å². The molecule has 0 amide bonds. The van der Waals surface area contributed by atoms with Gasteiger partial charge < -0.3 is 5.32 Å². The second-order valence-electron chi connectivity index (χ2n) is 5.24. The van der Waals surface area contributed by atoms with Crippen molar-refractivity contribution in [3.05, 3.63) is 15.8 Å². The van der Waals surface area contributed by atoms with E-state index in [0.717, 1.165) is 17.0 Å². The van der Waals surface area contributed by atoms with Crippen molar-refractivity contribution < 1.29 is 8.42 Å². The summed E-state index contributed by atoms with van der Waals surface area (Å²) < 4.78 is 27.7. The molecule has 0 unspecified atom stereocenters. The molecule has 0 aromatic carbocycles. The van der Waals surface area contributed by atoms with Gasteiger partial charge in [0.05, 0.1) is 0 Å². The fraction of sp³-hybridized carbons (Fsp3) is 0.692. The van der Waals surface area contributed by atoms with Crippen molar-refractivity contribution in [3.63, 3.8) is 0 Å². The van der Waals surface area contributed by atoms with Crippen molar-refractivity contribution in [2.75, 3.05) is 19.3 Å². The van der Waals surface area contributed by atoms with Gasteiger partial charge in [-0.3, -0.25) is 0 Å². The third-order valence-corrected chi connectivity index (χ3v) is 7.15. The first-order valence-electron chi connectivity index (χ1n) is 6.56. The minimum absolute atomic E-state index is 0.112. The highest BCUT2D eigenvalue weighted by Gasteiger charge is 2.25. The molecule has 0 saturated heterocycles. The SMILES string of the molecule is CCNCc1scc(C)c1S(=O)(=O)NCC(C)(C)SC. The Morgan fingerprint density at radius 3 is 2.60 bits per heavy atom. The van der Waals surface area contributed by atoms with Crippen LogP contribution >= 0.6 is 23.1 Å². The summed E-state index contributed by atoms with van der Waals surface area (Å²) in [6.07, 6.45) is 1.99. The normalized spacial score (nSPS) is 12.8. The minimum Gasteiger partial charge on any atom is -0.312 e. The predicted octanol–water partition coefficient (Wildman–Crippen LogP) is 2.59. The lowest BCUT2D eigenvalue weighted by Crippen LogP contribution is -2.36. The zero-order chi connectivity index (χ0) is 15.4. The Morgan fingerprint density at radius 1 is 1.40 bits per heavy atom. The molecule has 2 N–H and O–H groups in total. The lowest BCUT2D eigenvalue weighted by molar-refractivity contribution is 0.568. The Morgan fingerprint density at radius 2 is 2.05 bits per heavy atom. The molecule has 0 bridgehead atoms. The van der Waals surface area contributed by atoms with Gasteiger partial charge in [-0.15, -0.1) is 11.3 Å². The van der Waals surface area contributed by atoms with E-state index in [2.05, 4.69) is 10.0 Å². The van der Waals surface area contributed by atoms with Crippen LogP contribution in [0.25, 0.3) is 0 Å². The first kappa shape index (κ1) is 18.0. The molecule has 0 saturated carbocycles. The maximum atomic E-state index is 12.5. The molecule has 0 aliphatic heterocycles. The second-order valence-corrected chi connectivity index (χ2v) is 9.42. The molecule has 116 valence electrons. The Balaban J connectivity index is 2.95. The highest BCUT2D eigenvalue weighted by atomic mass is 32.2. The average molecular weight is 337 g/mol. The van der Waals surface area contributed by atoms with Gasteiger partial charge in [-0.2, -0.15) is 11.8 Å². The number of hydrogen-bond acceptors (Lipinski definition) is 5. The number of thioether (sulfide) groups is 1. The van der Waals surface area contributed by atoms with E-state index in [1.165, 1.54) is 11.3 Å². The van der Waals surface area contributed by atoms with Gasteiger partial charge in [0, 0.05) is 22.7 Å². The maximum absolute atomic E-state index is 12.5. The molecule has 0 radical (unpaired) electrons. The van der Waals surface area contributed by atoms with E-state index >= 15 is 0 Å². The van der Waals surface area contributed by atoms with E-state index in [-0.39, 0.29) is 4.75 Å². The highest BCUT2D eigenvalue weighted by Crippen LogP contribution is 2.27. The van der Waals surface area contributed by atoms with Gasteiger partial charge in [0.2, 0.25) is 10.0 Å².